The Balaban J connectivity index is 1.11. The van der Waals surface area contributed by atoms with Gasteiger partial charge in [-0.05, 0) is 61.4 Å². The highest BCUT2D eigenvalue weighted by Crippen LogP contribution is 2.69. The number of ketones is 1. The maximum Gasteiger partial charge on any atom is 0.258 e. The van der Waals surface area contributed by atoms with Gasteiger partial charge in [-0.1, -0.05) is 0 Å². The molecule has 2 bridgehead atoms. The number of aryl methyl sites for hydroxylation is 1. The van der Waals surface area contributed by atoms with Crippen molar-refractivity contribution in [2.75, 3.05) is 6.61 Å². The van der Waals surface area contributed by atoms with Crippen LogP contribution in [0.15, 0.2) is 30.3 Å². The molecule has 3 saturated carbocycles. The SMILES string of the molecule is Cc1cc(OCC(=O)NC23CC(CC(=O)[C@H]4C[C@@H](O)c5cc(F)c(F)cc5O4)(C2)C3)ccc1F. The molecule has 34 heavy (non-hydrogen) atoms. The Kier molecular flexibility index (Phi) is 5.35. The van der Waals surface area contributed by atoms with Crippen molar-refractivity contribution in [1.82, 2.24) is 5.32 Å². The van der Waals surface area contributed by atoms with Crippen LogP contribution in [0.2, 0.25) is 0 Å². The number of Topliss-reactive ketones (excluding diaryl/α,β-unsaturated/α-hetero) is 1. The highest BCUT2D eigenvalue weighted by atomic mass is 19.2. The fraction of sp³-hybridized carbons (Fsp3) is 0.440. The number of ether oxygens (including phenoxy) is 2. The number of aliphatic hydroxyl groups excluding tert-OH is 1. The van der Waals surface area contributed by atoms with E-state index in [1.165, 1.54) is 18.2 Å². The molecule has 1 amide bonds. The second-order valence-corrected chi connectivity index (χ2v) is 9.86. The largest absolute Gasteiger partial charge is 0.484 e. The summed E-state index contributed by atoms with van der Waals surface area (Å²) in [5.74, 6) is -2.62. The predicted octanol–water partition coefficient (Wildman–Crippen LogP) is 3.67. The van der Waals surface area contributed by atoms with Gasteiger partial charge in [0, 0.05) is 30.0 Å². The van der Waals surface area contributed by atoms with Crippen LogP contribution in [0.3, 0.4) is 0 Å². The van der Waals surface area contributed by atoms with Crippen molar-refractivity contribution in [2.24, 2.45) is 5.41 Å². The summed E-state index contributed by atoms with van der Waals surface area (Å²) in [6.07, 6.45) is 0.119. The summed E-state index contributed by atoms with van der Waals surface area (Å²) >= 11 is 0. The fourth-order valence-electron chi connectivity index (χ4n) is 5.62. The molecule has 1 heterocycles. The lowest BCUT2D eigenvalue weighted by Crippen LogP contribution is -2.75. The molecule has 6 rings (SSSR count). The second-order valence-electron chi connectivity index (χ2n) is 9.86. The number of fused-ring (bicyclic) bond motifs is 1. The molecule has 2 aromatic carbocycles. The highest BCUT2D eigenvalue weighted by molar-refractivity contribution is 5.85. The van der Waals surface area contributed by atoms with Gasteiger partial charge >= 0.3 is 0 Å². The summed E-state index contributed by atoms with van der Waals surface area (Å²) in [7, 11) is 0. The first kappa shape index (κ1) is 22.7. The van der Waals surface area contributed by atoms with Crippen molar-refractivity contribution in [3.63, 3.8) is 0 Å². The standard InChI is InChI=1S/C25H24F3NO5/c1-13-4-14(2-3-16(13)26)33-9-23(32)29-25-10-24(11-25,12-25)8-20(31)22-7-19(30)15-5-17(27)18(28)6-21(15)34-22/h2-6,19,22,30H,7-12H2,1H3,(H,29,32)/t19-,22-,24?,25?/m1/s1. The molecule has 0 aromatic heterocycles. The third-order valence-corrected chi connectivity index (χ3v) is 7.07. The van der Waals surface area contributed by atoms with Crippen molar-refractivity contribution in [3.05, 3.63) is 58.9 Å². The van der Waals surface area contributed by atoms with Gasteiger partial charge in [0.1, 0.15) is 17.3 Å². The van der Waals surface area contributed by atoms with E-state index in [0.29, 0.717) is 30.6 Å². The summed E-state index contributed by atoms with van der Waals surface area (Å²) < 4.78 is 51.4. The van der Waals surface area contributed by atoms with Gasteiger partial charge in [0.2, 0.25) is 0 Å². The number of amides is 1. The van der Waals surface area contributed by atoms with E-state index < -0.39 is 23.8 Å². The second kappa shape index (κ2) is 8.01. The quantitative estimate of drug-likeness (QED) is 0.639. The third-order valence-electron chi connectivity index (χ3n) is 7.07. The fourth-order valence-corrected chi connectivity index (χ4v) is 5.62. The van der Waals surface area contributed by atoms with Crippen LogP contribution >= 0.6 is 0 Å². The van der Waals surface area contributed by atoms with Gasteiger partial charge in [0.15, 0.2) is 30.1 Å². The summed E-state index contributed by atoms with van der Waals surface area (Å²) in [4.78, 5) is 25.1. The van der Waals surface area contributed by atoms with Crippen LogP contribution in [0.25, 0.3) is 0 Å². The molecule has 0 radical (unpaired) electrons. The van der Waals surface area contributed by atoms with Crippen LogP contribution in [-0.2, 0) is 9.59 Å². The molecule has 4 aliphatic rings. The minimum atomic E-state index is -1.11. The zero-order valence-electron chi connectivity index (χ0n) is 18.5. The normalized spacial score (nSPS) is 28.6. The van der Waals surface area contributed by atoms with Gasteiger partial charge in [-0.15, -0.1) is 0 Å². The molecule has 0 spiro atoms. The van der Waals surface area contributed by atoms with E-state index in [1.54, 1.807) is 6.92 Å². The zero-order valence-corrected chi connectivity index (χ0v) is 18.5. The lowest BCUT2D eigenvalue weighted by molar-refractivity contribution is -0.175. The Morgan fingerprint density at radius 2 is 1.82 bits per heavy atom. The van der Waals surface area contributed by atoms with Crippen LogP contribution in [0, 0.1) is 29.8 Å². The molecule has 2 aromatic rings. The topological polar surface area (TPSA) is 84.9 Å². The van der Waals surface area contributed by atoms with Gasteiger partial charge < -0.3 is 19.9 Å². The highest BCUT2D eigenvalue weighted by Gasteiger charge is 2.68. The Hall–Kier alpha value is -3.07. The van der Waals surface area contributed by atoms with Gasteiger partial charge in [-0.25, -0.2) is 13.2 Å². The first-order valence-corrected chi connectivity index (χ1v) is 11.1. The Bertz CT molecular complexity index is 1160. The van der Waals surface area contributed by atoms with Gasteiger partial charge in [-0.3, -0.25) is 9.59 Å². The summed E-state index contributed by atoms with van der Waals surface area (Å²) in [6, 6.07) is 6.02. The first-order chi connectivity index (χ1) is 16.1. The average molecular weight is 475 g/mol. The molecule has 6 nitrogen and oxygen atoms in total. The van der Waals surface area contributed by atoms with Gasteiger partial charge in [0.25, 0.3) is 5.91 Å². The summed E-state index contributed by atoms with van der Waals surface area (Å²) in [6.45, 7) is 1.42. The molecule has 2 atom stereocenters. The molecule has 0 unspecified atom stereocenters. The Morgan fingerprint density at radius 3 is 2.53 bits per heavy atom. The van der Waals surface area contributed by atoms with Crippen molar-refractivity contribution < 1.29 is 37.3 Å². The van der Waals surface area contributed by atoms with Crippen LogP contribution in [0.4, 0.5) is 13.2 Å². The van der Waals surface area contributed by atoms with E-state index in [0.717, 1.165) is 12.1 Å². The van der Waals surface area contributed by atoms with Gasteiger partial charge in [0.05, 0.1) is 6.10 Å². The van der Waals surface area contributed by atoms with Crippen molar-refractivity contribution in [3.8, 4) is 11.5 Å². The Morgan fingerprint density at radius 1 is 1.12 bits per heavy atom. The molecular formula is C25H24F3NO5. The molecule has 3 aliphatic carbocycles. The molecule has 180 valence electrons. The van der Waals surface area contributed by atoms with E-state index in [4.69, 9.17) is 9.47 Å². The number of hydrogen-bond donors (Lipinski definition) is 2. The van der Waals surface area contributed by atoms with Crippen LogP contribution in [-0.4, -0.2) is 35.0 Å². The minimum Gasteiger partial charge on any atom is -0.484 e. The number of halogens is 3. The minimum absolute atomic E-state index is 0.0188. The average Bonchev–Trinajstić information content (AvgIpc) is 2.73. The predicted molar refractivity (Wildman–Crippen MR) is 114 cm³/mol. The van der Waals surface area contributed by atoms with E-state index in [9.17, 15) is 27.9 Å². The van der Waals surface area contributed by atoms with Crippen molar-refractivity contribution >= 4 is 11.7 Å². The molecule has 3 fully saturated rings. The molecular weight excluding hydrogens is 451 g/mol. The lowest BCUT2D eigenvalue weighted by Gasteiger charge is -2.70. The summed E-state index contributed by atoms with van der Waals surface area (Å²) in [5.41, 5.74) is -0.00556. The number of rotatable bonds is 7. The van der Waals surface area contributed by atoms with E-state index in [2.05, 4.69) is 5.32 Å². The van der Waals surface area contributed by atoms with Crippen molar-refractivity contribution in [2.45, 2.75) is 56.8 Å². The van der Waals surface area contributed by atoms with E-state index >= 15 is 0 Å². The molecule has 2 N–H and O–H groups in total. The first-order valence-electron chi connectivity index (χ1n) is 11.1. The molecule has 1 aliphatic heterocycles. The number of nitrogens with one attached hydrogen (secondary N) is 1. The number of carbonyl (C=O) groups is 2. The van der Waals surface area contributed by atoms with E-state index in [-0.39, 0.29) is 59.2 Å². The number of benzene rings is 2. The molecule has 9 heteroatoms. The number of carbonyl (C=O) groups excluding carboxylic acids is 2. The maximum absolute atomic E-state index is 13.6. The molecule has 0 saturated heterocycles. The zero-order chi connectivity index (χ0) is 24.3. The Labute approximate surface area is 194 Å². The van der Waals surface area contributed by atoms with Crippen LogP contribution in [0.1, 0.15) is 49.3 Å². The van der Waals surface area contributed by atoms with Crippen LogP contribution < -0.4 is 14.8 Å². The monoisotopic (exact) mass is 475 g/mol. The van der Waals surface area contributed by atoms with Crippen molar-refractivity contribution in [1.29, 1.82) is 0 Å². The van der Waals surface area contributed by atoms with E-state index in [1.807, 2.05) is 0 Å². The number of aliphatic hydroxyl groups is 1. The van der Waals surface area contributed by atoms with Crippen LogP contribution in [0.5, 0.6) is 11.5 Å². The third kappa shape index (κ3) is 4.02. The summed E-state index contributed by atoms with van der Waals surface area (Å²) in [5, 5.41) is 13.2. The maximum atomic E-state index is 13.6. The number of hydrogen-bond acceptors (Lipinski definition) is 5. The van der Waals surface area contributed by atoms with Gasteiger partial charge in [-0.2, -0.15) is 0 Å². The lowest BCUT2D eigenvalue weighted by atomic mass is 9.38. The smallest absolute Gasteiger partial charge is 0.258 e.